The van der Waals surface area contributed by atoms with Crippen molar-refractivity contribution in [2.75, 3.05) is 6.61 Å². The third kappa shape index (κ3) is 6.49. The van der Waals surface area contributed by atoms with Crippen molar-refractivity contribution in [3.63, 3.8) is 0 Å². The van der Waals surface area contributed by atoms with E-state index in [1.54, 1.807) is 6.92 Å². The molecule has 0 radical (unpaired) electrons. The van der Waals surface area contributed by atoms with E-state index >= 15 is 0 Å². The molecule has 0 aliphatic heterocycles. The van der Waals surface area contributed by atoms with E-state index in [4.69, 9.17) is 11.5 Å². The van der Waals surface area contributed by atoms with Gasteiger partial charge < -0.3 is 21.7 Å². The molecule has 0 atom stereocenters. The second kappa shape index (κ2) is 10.6. The number of rotatable bonds is 8. The maximum Gasteiger partial charge on any atom is 0.271 e. The minimum atomic E-state index is -0.528. The van der Waals surface area contributed by atoms with E-state index in [2.05, 4.69) is 23.7 Å². The summed E-state index contributed by atoms with van der Waals surface area (Å²) in [5.41, 5.74) is 13.9. The molecule has 0 bridgehead atoms. The number of amides is 1. The number of aliphatic hydroxyl groups is 2. The number of hydrogen-bond acceptors (Lipinski definition) is 6. The van der Waals surface area contributed by atoms with Crippen LogP contribution in [0.25, 0.3) is 0 Å². The van der Waals surface area contributed by atoms with E-state index in [-0.39, 0.29) is 22.5 Å². The van der Waals surface area contributed by atoms with Crippen molar-refractivity contribution in [1.29, 1.82) is 0 Å². The number of allylic oxidation sites excluding steroid dienone is 3. The highest BCUT2D eigenvalue weighted by molar-refractivity contribution is 5.97. The monoisotopic (exact) mass is 318 g/mol. The maximum atomic E-state index is 11.9. The molecular formula is C16H22N4O3. The Bertz CT molecular complexity index is 611. The summed E-state index contributed by atoms with van der Waals surface area (Å²) in [6.45, 7) is 8.25. The average molecular weight is 318 g/mol. The summed E-state index contributed by atoms with van der Waals surface area (Å²) >= 11 is 0. The smallest absolute Gasteiger partial charge is 0.271 e. The van der Waals surface area contributed by atoms with Crippen molar-refractivity contribution < 1.29 is 15.0 Å². The van der Waals surface area contributed by atoms with Gasteiger partial charge in [0.2, 0.25) is 0 Å². The van der Waals surface area contributed by atoms with Crippen LogP contribution in [0.5, 0.6) is 0 Å². The van der Waals surface area contributed by atoms with Crippen LogP contribution in [0.15, 0.2) is 76.9 Å². The number of nitrogens with one attached hydrogen (secondary N) is 1. The first-order chi connectivity index (χ1) is 10.9. The van der Waals surface area contributed by atoms with Crippen molar-refractivity contribution in [2.24, 2.45) is 16.6 Å². The topological polar surface area (TPSA) is 134 Å². The van der Waals surface area contributed by atoms with Crippen LogP contribution in [-0.4, -0.2) is 28.9 Å². The summed E-state index contributed by atoms with van der Waals surface area (Å²) in [5, 5.41) is 23.0. The fourth-order valence-electron chi connectivity index (χ4n) is 1.41. The molecule has 0 fully saturated rings. The lowest BCUT2D eigenvalue weighted by Gasteiger charge is -2.08. The van der Waals surface area contributed by atoms with E-state index in [1.807, 2.05) is 0 Å². The molecule has 0 spiro atoms. The summed E-state index contributed by atoms with van der Waals surface area (Å²) in [6, 6.07) is 0. The summed E-state index contributed by atoms with van der Waals surface area (Å²) < 4.78 is 0. The Morgan fingerprint density at radius 3 is 2.48 bits per heavy atom. The third-order valence-corrected chi connectivity index (χ3v) is 2.57. The molecule has 7 heteroatoms. The number of hydrazone groups is 1. The Morgan fingerprint density at radius 1 is 1.39 bits per heavy atom. The molecule has 23 heavy (non-hydrogen) atoms. The molecule has 0 aliphatic carbocycles. The van der Waals surface area contributed by atoms with Crippen molar-refractivity contribution in [2.45, 2.75) is 6.92 Å². The molecule has 0 saturated heterocycles. The summed E-state index contributed by atoms with van der Waals surface area (Å²) in [7, 11) is 0. The fourth-order valence-corrected chi connectivity index (χ4v) is 1.41. The molecule has 0 aromatic heterocycles. The second-order valence-electron chi connectivity index (χ2n) is 4.31. The lowest BCUT2D eigenvalue weighted by Crippen LogP contribution is -2.19. The lowest BCUT2D eigenvalue weighted by atomic mass is 10.0. The molecule has 0 aromatic carbocycles. The van der Waals surface area contributed by atoms with E-state index in [0.29, 0.717) is 5.57 Å². The van der Waals surface area contributed by atoms with E-state index in [9.17, 15) is 15.0 Å². The Morgan fingerprint density at radius 2 is 2.04 bits per heavy atom. The van der Waals surface area contributed by atoms with Gasteiger partial charge in [-0.25, -0.2) is 5.43 Å². The second-order valence-corrected chi connectivity index (χ2v) is 4.31. The lowest BCUT2D eigenvalue weighted by molar-refractivity contribution is -0.117. The van der Waals surface area contributed by atoms with Crippen molar-refractivity contribution in [1.82, 2.24) is 5.43 Å². The molecule has 7 nitrogen and oxygen atoms in total. The molecule has 1 amide bonds. The highest BCUT2D eigenvalue weighted by Crippen LogP contribution is 2.15. The first kappa shape index (κ1) is 19.9. The van der Waals surface area contributed by atoms with Gasteiger partial charge in [0, 0.05) is 22.9 Å². The first-order valence-corrected chi connectivity index (χ1v) is 6.58. The number of aliphatic hydroxyl groups excluding tert-OH is 2. The van der Waals surface area contributed by atoms with Crippen LogP contribution >= 0.6 is 0 Å². The fraction of sp³-hybridized carbons (Fsp3) is 0.125. The van der Waals surface area contributed by atoms with Crippen LogP contribution in [0, 0.1) is 0 Å². The van der Waals surface area contributed by atoms with Crippen LogP contribution in [0.3, 0.4) is 0 Å². The maximum absolute atomic E-state index is 11.9. The highest BCUT2D eigenvalue weighted by atomic mass is 16.3. The van der Waals surface area contributed by atoms with Crippen LogP contribution in [-0.2, 0) is 4.79 Å². The van der Waals surface area contributed by atoms with Crippen molar-refractivity contribution >= 4 is 12.1 Å². The van der Waals surface area contributed by atoms with Crippen LogP contribution in [0.1, 0.15) is 6.92 Å². The van der Waals surface area contributed by atoms with Gasteiger partial charge in [-0.15, -0.1) is 0 Å². The van der Waals surface area contributed by atoms with E-state index < -0.39 is 12.5 Å². The van der Waals surface area contributed by atoms with Gasteiger partial charge in [0.25, 0.3) is 5.91 Å². The predicted molar refractivity (Wildman–Crippen MR) is 92.1 cm³/mol. The molecule has 0 aromatic rings. The largest absolute Gasteiger partial charge is 0.507 e. The number of nitrogens with zero attached hydrogens (tertiary/aromatic N) is 1. The van der Waals surface area contributed by atoms with Crippen LogP contribution in [0.2, 0.25) is 0 Å². The Balaban J connectivity index is 5.40. The van der Waals surface area contributed by atoms with Gasteiger partial charge in [-0.3, -0.25) is 4.79 Å². The van der Waals surface area contributed by atoms with Gasteiger partial charge in [-0.1, -0.05) is 19.2 Å². The predicted octanol–water partition coefficient (Wildman–Crippen LogP) is 0.896. The number of nitrogens with two attached hydrogens (primary N) is 2. The molecule has 0 rings (SSSR count). The average Bonchev–Trinajstić information content (AvgIpc) is 2.53. The van der Waals surface area contributed by atoms with Crippen LogP contribution in [0.4, 0.5) is 0 Å². The van der Waals surface area contributed by atoms with Gasteiger partial charge in [0.1, 0.15) is 5.76 Å². The zero-order chi connectivity index (χ0) is 17.8. The summed E-state index contributed by atoms with van der Waals surface area (Å²) in [6.07, 6.45) is 7.76. The molecule has 0 saturated carbocycles. The first-order valence-electron chi connectivity index (χ1n) is 6.58. The molecular weight excluding hydrogens is 296 g/mol. The zero-order valence-corrected chi connectivity index (χ0v) is 13.0. The zero-order valence-electron chi connectivity index (χ0n) is 13.0. The highest BCUT2D eigenvalue weighted by Gasteiger charge is 2.10. The van der Waals surface area contributed by atoms with Gasteiger partial charge in [-0.05, 0) is 30.8 Å². The van der Waals surface area contributed by atoms with Gasteiger partial charge in [0.15, 0.2) is 0 Å². The Kier molecular flexibility index (Phi) is 9.22. The summed E-state index contributed by atoms with van der Waals surface area (Å²) in [5.74, 6) is -0.725. The molecule has 0 aliphatic rings. The van der Waals surface area contributed by atoms with Gasteiger partial charge in [0.05, 0.1) is 12.8 Å². The standard InChI is InChI=1S/C16H22N4O3/c1-4-5-12(6-7-17)16(23)20-19-9-14(13(8-18)10-21)15(22)11(2)3/h4-9,21-22H,1-2,10,17-18H2,3H3,(H,20,23)/b7-6-,12-5+,13-8-,15-14+,19-9+. The Labute approximate surface area is 135 Å². The van der Waals surface area contributed by atoms with Gasteiger partial charge in [-0.2, -0.15) is 5.10 Å². The van der Waals surface area contributed by atoms with E-state index in [1.165, 1.54) is 24.4 Å². The van der Waals surface area contributed by atoms with Crippen molar-refractivity contribution in [3.8, 4) is 0 Å². The SMILES string of the molecule is C=C/C=C(\C=C/N)C(=O)N/N=C/C(=C(\O)C(=C)C)C(=C\N)/CO. The molecule has 124 valence electrons. The third-order valence-electron chi connectivity index (χ3n) is 2.57. The van der Waals surface area contributed by atoms with Gasteiger partial charge >= 0.3 is 0 Å². The summed E-state index contributed by atoms with van der Waals surface area (Å²) in [4.78, 5) is 11.9. The van der Waals surface area contributed by atoms with Crippen molar-refractivity contribution in [3.05, 3.63) is 71.8 Å². The minimum Gasteiger partial charge on any atom is -0.507 e. The molecule has 7 N–H and O–H groups in total. The van der Waals surface area contributed by atoms with Crippen LogP contribution < -0.4 is 16.9 Å². The molecule has 0 unspecified atom stereocenters. The quantitative estimate of drug-likeness (QED) is 0.149. The Hall–Kier alpha value is -3.06. The number of carbonyl (C=O) groups is 1. The minimum absolute atomic E-state index is 0.145. The normalized spacial score (nSPS) is 14.0. The molecule has 0 heterocycles. The number of hydrogen-bond donors (Lipinski definition) is 5. The number of carbonyl (C=O) groups excluding carboxylic acids is 1. The van der Waals surface area contributed by atoms with E-state index in [0.717, 1.165) is 12.4 Å².